The van der Waals surface area contributed by atoms with E-state index in [4.69, 9.17) is 5.26 Å². The van der Waals surface area contributed by atoms with Gasteiger partial charge in [0.25, 0.3) is 0 Å². The molecule has 0 N–H and O–H groups in total. The van der Waals surface area contributed by atoms with Crippen molar-refractivity contribution in [2.45, 2.75) is 44.4 Å². The Morgan fingerprint density at radius 2 is 1.82 bits per heavy atom. The molecule has 1 aromatic rings. The van der Waals surface area contributed by atoms with Gasteiger partial charge in [-0.1, -0.05) is 43.5 Å². The van der Waals surface area contributed by atoms with E-state index in [2.05, 4.69) is 12.1 Å². The smallest absolute Gasteiger partial charge is 0.176 e. The van der Waals surface area contributed by atoms with Crippen LogP contribution in [0.15, 0.2) is 24.3 Å². The highest BCUT2D eigenvalue weighted by atomic mass is 16.1. The largest absolute Gasteiger partial charge is 0.293 e. The first kappa shape index (κ1) is 11.9. The van der Waals surface area contributed by atoms with Crippen LogP contribution in [0.4, 0.5) is 0 Å². The van der Waals surface area contributed by atoms with E-state index in [1.54, 1.807) is 0 Å². The Balaban J connectivity index is 2.07. The van der Waals surface area contributed by atoms with Crippen LogP contribution in [0.2, 0.25) is 0 Å². The van der Waals surface area contributed by atoms with Gasteiger partial charge in [-0.3, -0.25) is 4.79 Å². The van der Waals surface area contributed by atoms with E-state index < -0.39 is 0 Å². The maximum absolute atomic E-state index is 11.5. The predicted octanol–water partition coefficient (Wildman–Crippen LogP) is 3.83. The summed E-state index contributed by atoms with van der Waals surface area (Å²) in [6.07, 6.45) is 6.51. The molecular weight excluding hydrogens is 210 g/mol. The van der Waals surface area contributed by atoms with Gasteiger partial charge in [-0.25, -0.2) is 0 Å². The van der Waals surface area contributed by atoms with Crippen molar-refractivity contribution in [1.29, 1.82) is 5.26 Å². The molecule has 0 saturated heterocycles. The van der Waals surface area contributed by atoms with Crippen LogP contribution in [0.3, 0.4) is 0 Å². The Morgan fingerprint density at radius 1 is 1.18 bits per heavy atom. The van der Waals surface area contributed by atoms with Gasteiger partial charge in [0.05, 0.1) is 12.5 Å². The summed E-state index contributed by atoms with van der Waals surface area (Å²) < 4.78 is 0. The molecular formula is C15H17NO. The number of hydrogen-bond acceptors (Lipinski definition) is 2. The maximum Gasteiger partial charge on any atom is 0.176 e. The van der Waals surface area contributed by atoms with Gasteiger partial charge in [0, 0.05) is 5.56 Å². The summed E-state index contributed by atoms with van der Waals surface area (Å²) in [5.74, 6) is 0.589. The zero-order valence-corrected chi connectivity index (χ0v) is 9.98. The van der Waals surface area contributed by atoms with Crippen LogP contribution >= 0.6 is 0 Å². The van der Waals surface area contributed by atoms with E-state index in [1.807, 2.05) is 18.2 Å². The van der Waals surface area contributed by atoms with Crippen molar-refractivity contribution in [3.8, 4) is 6.07 Å². The second-order valence-corrected chi connectivity index (χ2v) is 4.72. The monoisotopic (exact) mass is 227 g/mol. The van der Waals surface area contributed by atoms with E-state index >= 15 is 0 Å². The van der Waals surface area contributed by atoms with Crippen molar-refractivity contribution < 1.29 is 4.79 Å². The summed E-state index contributed by atoms with van der Waals surface area (Å²) in [7, 11) is 0. The molecule has 1 aliphatic rings. The van der Waals surface area contributed by atoms with Gasteiger partial charge in [0.2, 0.25) is 0 Å². The van der Waals surface area contributed by atoms with Crippen molar-refractivity contribution in [3.63, 3.8) is 0 Å². The molecule has 0 unspecified atom stereocenters. The van der Waals surface area contributed by atoms with Crippen LogP contribution in [-0.2, 0) is 0 Å². The molecule has 0 atom stereocenters. The highest BCUT2D eigenvalue weighted by Gasteiger charge is 2.15. The van der Waals surface area contributed by atoms with Gasteiger partial charge < -0.3 is 0 Å². The fraction of sp³-hybridized carbons (Fsp3) is 0.467. The summed E-state index contributed by atoms with van der Waals surface area (Å²) in [4.78, 5) is 11.5. The molecule has 88 valence electrons. The van der Waals surface area contributed by atoms with Crippen LogP contribution in [0.25, 0.3) is 0 Å². The zero-order chi connectivity index (χ0) is 12.1. The number of ketones is 1. The van der Waals surface area contributed by atoms with Crippen molar-refractivity contribution in [2.75, 3.05) is 0 Å². The minimum absolute atomic E-state index is 0.0250. The highest BCUT2D eigenvalue weighted by Crippen LogP contribution is 2.32. The lowest BCUT2D eigenvalue weighted by Crippen LogP contribution is -2.05. The number of carbonyl (C=O) groups is 1. The molecule has 1 saturated carbocycles. The topological polar surface area (TPSA) is 40.9 Å². The number of hydrogen-bond donors (Lipinski definition) is 0. The Labute approximate surface area is 102 Å². The van der Waals surface area contributed by atoms with E-state index in [0.29, 0.717) is 11.5 Å². The SMILES string of the molecule is N#CCC(=O)c1ccc(C2CCCCC2)cc1. The number of Topliss-reactive ketones (excluding diaryl/α,β-unsaturated/α-hetero) is 1. The predicted molar refractivity (Wildman–Crippen MR) is 66.8 cm³/mol. The molecule has 1 aromatic carbocycles. The van der Waals surface area contributed by atoms with E-state index in [-0.39, 0.29) is 12.2 Å². The minimum Gasteiger partial charge on any atom is -0.293 e. The van der Waals surface area contributed by atoms with Crippen molar-refractivity contribution in [1.82, 2.24) is 0 Å². The molecule has 0 bridgehead atoms. The molecule has 1 aliphatic carbocycles. The fourth-order valence-corrected chi connectivity index (χ4v) is 2.55. The van der Waals surface area contributed by atoms with Crippen LogP contribution in [-0.4, -0.2) is 5.78 Å². The molecule has 0 aromatic heterocycles. The molecule has 17 heavy (non-hydrogen) atoms. The lowest BCUT2D eigenvalue weighted by atomic mass is 9.84. The second kappa shape index (κ2) is 5.63. The lowest BCUT2D eigenvalue weighted by Gasteiger charge is -2.21. The molecule has 1 fully saturated rings. The van der Waals surface area contributed by atoms with E-state index in [9.17, 15) is 4.79 Å². The number of nitriles is 1. The van der Waals surface area contributed by atoms with Gasteiger partial charge in [-0.15, -0.1) is 0 Å². The van der Waals surface area contributed by atoms with Gasteiger partial charge in [-0.05, 0) is 24.3 Å². The number of benzene rings is 1. The quantitative estimate of drug-likeness (QED) is 0.736. The molecule has 0 amide bonds. The highest BCUT2D eigenvalue weighted by molar-refractivity contribution is 5.97. The van der Waals surface area contributed by atoms with Crippen molar-refractivity contribution in [2.24, 2.45) is 0 Å². The normalized spacial score (nSPS) is 16.4. The van der Waals surface area contributed by atoms with Gasteiger partial charge in [-0.2, -0.15) is 5.26 Å². The summed E-state index contributed by atoms with van der Waals surface area (Å²) in [6, 6.07) is 9.74. The zero-order valence-electron chi connectivity index (χ0n) is 9.98. The second-order valence-electron chi connectivity index (χ2n) is 4.72. The summed E-state index contributed by atoms with van der Waals surface area (Å²) in [5, 5.41) is 8.49. The Morgan fingerprint density at radius 3 is 2.41 bits per heavy atom. The van der Waals surface area contributed by atoms with Crippen LogP contribution in [0.1, 0.15) is 60.4 Å². The molecule has 0 heterocycles. The third-order valence-corrected chi connectivity index (χ3v) is 3.55. The van der Waals surface area contributed by atoms with Crippen LogP contribution in [0, 0.1) is 11.3 Å². The molecule has 0 radical (unpaired) electrons. The first-order valence-electron chi connectivity index (χ1n) is 6.31. The average molecular weight is 227 g/mol. The lowest BCUT2D eigenvalue weighted by molar-refractivity contribution is 0.0997. The van der Waals surface area contributed by atoms with Crippen molar-refractivity contribution >= 4 is 5.78 Å². The molecule has 2 nitrogen and oxygen atoms in total. The first-order valence-corrected chi connectivity index (χ1v) is 6.31. The standard InChI is InChI=1S/C15H17NO/c16-11-10-15(17)14-8-6-13(7-9-14)12-4-2-1-3-5-12/h6-9,12H,1-5,10H2. The Kier molecular flexibility index (Phi) is 3.93. The summed E-state index contributed by atoms with van der Waals surface area (Å²) in [6.45, 7) is 0. The van der Waals surface area contributed by atoms with Gasteiger partial charge >= 0.3 is 0 Å². The third kappa shape index (κ3) is 2.94. The van der Waals surface area contributed by atoms with Crippen LogP contribution in [0.5, 0.6) is 0 Å². The molecule has 0 aliphatic heterocycles. The Hall–Kier alpha value is -1.62. The first-order chi connectivity index (χ1) is 8.31. The van der Waals surface area contributed by atoms with Gasteiger partial charge in [0.1, 0.15) is 0 Å². The third-order valence-electron chi connectivity index (χ3n) is 3.55. The summed E-state index contributed by atoms with van der Waals surface area (Å²) >= 11 is 0. The number of rotatable bonds is 3. The summed E-state index contributed by atoms with van der Waals surface area (Å²) in [5.41, 5.74) is 2.00. The maximum atomic E-state index is 11.5. The average Bonchev–Trinajstić information content (AvgIpc) is 2.40. The fourth-order valence-electron chi connectivity index (χ4n) is 2.55. The van der Waals surface area contributed by atoms with Crippen molar-refractivity contribution in [3.05, 3.63) is 35.4 Å². The number of nitrogens with zero attached hydrogens (tertiary/aromatic N) is 1. The molecule has 2 rings (SSSR count). The number of carbonyl (C=O) groups excluding carboxylic acids is 1. The van der Waals surface area contributed by atoms with E-state index in [1.165, 1.54) is 37.7 Å². The van der Waals surface area contributed by atoms with E-state index in [0.717, 1.165) is 0 Å². The van der Waals surface area contributed by atoms with Crippen LogP contribution < -0.4 is 0 Å². The Bertz CT molecular complexity index is 421. The molecule has 0 spiro atoms. The molecule has 2 heteroatoms. The van der Waals surface area contributed by atoms with Gasteiger partial charge in [0.15, 0.2) is 5.78 Å². The minimum atomic E-state index is -0.0808.